The summed E-state index contributed by atoms with van der Waals surface area (Å²) < 4.78 is 7.12. The third-order valence-electron chi connectivity index (χ3n) is 3.30. The number of hydrogen-bond acceptors (Lipinski definition) is 8. The number of nitrogens with zero attached hydrogens (tertiary/aromatic N) is 3. The second kappa shape index (κ2) is 6.05. The summed E-state index contributed by atoms with van der Waals surface area (Å²) in [6.45, 7) is -0.450. The number of aliphatic hydroxyl groups is 3. The fourth-order valence-corrected chi connectivity index (χ4v) is 3.04. The molecule has 3 rings (SSSR count). The summed E-state index contributed by atoms with van der Waals surface area (Å²) >= 11 is 1.85. The molecule has 0 aliphatic carbocycles. The molecular weight excluding hydrogens is 413 g/mol. The van der Waals surface area contributed by atoms with Crippen molar-refractivity contribution in [1.29, 1.82) is 0 Å². The minimum atomic E-state index is -1.30. The van der Waals surface area contributed by atoms with Gasteiger partial charge in [-0.2, -0.15) is 4.98 Å². The molecule has 2 aromatic heterocycles. The summed E-state index contributed by atoms with van der Waals surface area (Å²) in [6, 6.07) is 0. The van der Waals surface area contributed by atoms with E-state index in [0.29, 0.717) is 3.83 Å². The molecule has 0 spiro atoms. The van der Waals surface area contributed by atoms with Gasteiger partial charge in [0.05, 0.1) is 6.61 Å². The maximum Gasteiger partial charge on any atom is 0.280 e. The van der Waals surface area contributed by atoms with Crippen molar-refractivity contribution in [2.45, 2.75) is 24.5 Å². The Bertz CT molecular complexity index is 747. The normalized spacial score (nSPS) is 28.0. The smallest absolute Gasteiger partial charge is 0.280 e. The summed E-state index contributed by atoms with van der Waals surface area (Å²) in [6.07, 6.45) is -4.51. The van der Waals surface area contributed by atoms with Crippen molar-refractivity contribution >= 4 is 39.7 Å². The highest BCUT2D eigenvalue weighted by atomic mass is 127. The largest absolute Gasteiger partial charge is 0.412 e. The number of aliphatic hydroxyl groups excluding tert-OH is 3. The molecule has 0 saturated carbocycles. The Labute approximate surface area is 136 Å². The SMILES string of the molecule is Nc1nc2c(nc(I)n2C2OC(CO)C(O)C2O)c(=O)[nH]1.O. The van der Waals surface area contributed by atoms with E-state index in [1.807, 2.05) is 22.6 Å². The van der Waals surface area contributed by atoms with Crippen molar-refractivity contribution in [3.63, 3.8) is 0 Å². The number of rotatable bonds is 2. The van der Waals surface area contributed by atoms with Crippen LogP contribution < -0.4 is 11.3 Å². The molecule has 12 heteroatoms. The minimum Gasteiger partial charge on any atom is -0.412 e. The number of hydrogen-bond donors (Lipinski definition) is 5. The van der Waals surface area contributed by atoms with Crippen molar-refractivity contribution in [3.8, 4) is 0 Å². The number of nitrogen functional groups attached to an aromatic ring is 1. The van der Waals surface area contributed by atoms with E-state index in [1.54, 1.807) is 0 Å². The molecule has 122 valence electrons. The lowest BCUT2D eigenvalue weighted by molar-refractivity contribution is -0.0522. The van der Waals surface area contributed by atoms with Crippen molar-refractivity contribution in [2.75, 3.05) is 12.3 Å². The van der Waals surface area contributed by atoms with Crippen molar-refractivity contribution in [1.82, 2.24) is 19.5 Å². The quantitative estimate of drug-likeness (QED) is 0.249. The lowest BCUT2D eigenvalue weighted by Crippen LogP contribution is -2.33. The van der Waals surface area contributed by atoms with E-state index in [4.69, 9.17) is 15.6 Å². The standard InChI is InChI=1S/C10H12IN5O5.H2O/c11-9-13-3-6(14-10(12)15-7(3)20)16(9)8-5(19)4(18)2(1-17)21-8;/h2,4-5,8,17-19H,1H2,(H3,12,14,15,20);1H2. The van der Waals surface area contributed by atoms with Crippen LogP contribution >= 0.6 is 22.6 Å². The number of halogens is 1. The first-order valence-electron chi connectivity index (χ1n) is 5.99. The number of imidazole rings is 1. The van der Waals surface area contributed by atoms with Crippen molar-refractivity contribution in [3.05, 3.63) is 14.2 Å². The number of aromatic nitrogens is 4. The number of anilines is 1. The number of ether oxygens (including phenoxy) is 1. The van der Waals surface area contributed by atoms with E-state index < -0.39 is 36.7 Å². The van der Waals surface area contributed by atoms with Crippen LogP contribution in [0.5, 0.6) is 0 Å². The summed E-state index contributed by atoms with van der Waals surface area (Å²) in [5, 5.41) is 29.0. The molecule has 4 atom stereocenters. The Balaban J connectivity index is 0.00000176. The van der Waals surface area contributed by atoms with Gasteiger partial charge < -0.3 is 31.3 Å². The molecule has 0 radical (unpaired) electrons. The predicted octanol–water partition coefficient (Wildman–Crippen LogP) is -2.91. The van der Waals surface area contributed by atoms with E-state index in [0.717, 1.165) is 0 Å². The van der Waals surface area contributed by atoms with Gasteiger partial charge in [-0.3, -0.25) is 14.3 Å². The first-order chi connectivity index (χ1) is 9.93. The maximum atomic E-state index is 11.8. The molecular formula is C10H14IN5O6. The zero-order chi connectivity index (χ0) is 15.3. The van der Waals surface area contributed by atoms with Gasteiger partial charge in [-0.25, -0.2) is 4.98 Å². The number of H-pyrrole nitrogens is 1. The van der Waals surface area contributed by atoms with Crippen LogP contribution in [0.4, 0.5) is 5.95 Å². The average Bonchev–Trinajstić information content (AvgIpc) is 2.89. The van der Waals surface area contributed by atoms with E-state index in [9.17, 15) is 15.0 Å². The highest BCUT2D eigenvalue weighted by molar-refractivity contribution is 14.1. The Morgan fingerprint density at radius 2 is 2.05 bits per heavy atom. The van der Waals surface area contributed by atoms with Gasteiger partial charge in [-0.05, 0) is 0 Å². The first-order valence-corrected chi connectivity index (χ1v) is 7.07. The second-order valence-corrected chi connectivity index (χ2v) is 5.57. The lowest BCUT2D eigenvalue weighted by atomic mass is 10.1. The summed E-state index contributed by atoms with van der Waals surface area (Å²) in [7, 11) is 0. The third kappa shape index (κ3) is 2.46. The molecule has 0 aromatic carbocycles. The van der Waals surface area contributed by atoms with Crippen LogP contribution in [0.3, 0.4) is 0 Å². The topological polar surface area (TPSA) is 191 Å². The molecule has 1 saturated heterocycles. The number of nitrogens with one attached hydrogen (secondary N) is 1. The van der Waals surface area contributed by atoms with Gasteiger partial charge in [-0.1, -0.05) is 0 Å². The molecule has 1 fully saturated rings. The van der Waals surface area contributed by atoms with Gasteiger partial charge in [0.25, 0.3) is 5.56 Å². The molecule has 0 amide bonds. The molecule has 22 heavy (non-hydrogen) atoms. The fraction of sp³-hybridized carbons (Fsp3) is 0.500. The molecule has 1 aliphatic heterocycles. The fourth-order valence-electron chi connectivity index (χ4n) is 2.29. The Kier molecular flexibility index (Phi) is 4.69. The Morgan fingerprint density at radius 1 is 1.36 bits per heavy atom. The van der Waals surface area contributed by atoms with Gasteiger partial charge in [0.15, 0.2) is 21.2 Å². The van der Waals surface area contributed by atoms with Crippen LogP contribution in [0.25, 0.3) is 11.2 Å². The van der Waals surface area contributed by atoms with Crippen molar-refractivity contribution in [2.24, 2.45) is 0 Å². The molecule has 1 aliphatic rings. The van der Waals surface area contributed by atoms with Crippen LogP contribution in [0.15, 0.2) is 4.79 Å². The van der Waals surface area contributed by atoms with E-state index in [2.05, 4.69) is 15.0 Å². The van der Waals surface area contributed by atoms with Gasteiger partial charge in [0.2, 0.25) is 5.95 Å². The van der Waals surface area contributed by atoms with E-state index in [-0.39, 0.29) is 22.6 Å². The van der Waals surface area contributed by atoms with Crippen LogP contribution in [-0.4, -0.2) is 65.2 Å². The molecule has 8 N–H and O–H groups in total. The van der Waals surface area contributed by atoms with Crippen LogP contribution in [0.1, 0.15) is 6.23 Å². The molecule has 0 bridgehead atoms. The molecule has 3 heterocycles. The lowest BCUT2D eigenvalue weighted by Gasteiger charge is -2.17. The van der Waals surface area contributed by atoms with Crippen LogP contribution in [0, 0.1) is 3.83 Å². The van der Waals surface area contributed by atoms with Gasteiger partial charge in [0, 0.05) is 22.6 Å². The van der Waals surface area contributed by atoms with Crippen LogP contribution in [-0.2, 0) is 4.74 Å². The van der Waals surface area contributed by atoms with E-state index in [1.165, 1.54) is 4.57 Å². The number of nitrogens with two attached hydrogens (primary N) is 1. The summed E-state index contributed by atoms with van der Waals surface area (Å²) in [5.74, 6) is -0.100. The summed E-state index contributed by atoms with van der Waals surface area (Å²) in [4.78, 5) is 22.2. The Morgan fingerprint density at radius 3 is 2.64 bits per heavy atom. The predicted molar refractivity (Wildman–Crippen MR) is 81.9 cm³/mol. The first kappa shape index (κ1) is 17.0. The zero-order valence-electron chi connectivity index (χ0n) is 11.0. The number of aromatic amines is 1. The highest BCUT2D eigenvalue weighted by Gasteiger charge is 2.44. The van der Waals surface area contributed by atoms with Crippen LogP contribution in [0.2, 0.25) is 0 Å². The average molecular weight is 427 g/mol. The monoisotopic (exact) mass is 427 g/mol. The van der Waals surface area contributed by atoms with Crippen molar-refractivity contribution < 1.29 is 25.5 Å². The molecule has 11 nitrogen and oxygen atoms in total. The summed E-state index contributed by atoms with van der Waals surface area (Å²) in [5.41, 5.74) is 5.18. The second-order valence-electron chi connectivity index (χ2n) is 4.60. The number of fused-ring (bicyclic) bond motifs is 1. The highest BCUT2D eigenvalue weighted by Crippen LogP contribution is 2.32. The van der Waals surface area contributed by atoms with Gasteiger partial charge in [-0.15, -0.1) is 0 Å². The maximum absolute atomic E-state index is 11.8. The van der Waals surface area contributed by atoms with Gasteiger partial charge in [0.1, 0.15) is 18.3 Å². The molecule has 4 unspecified atom stereocenters. The van der Waals surface area contributed by atoms with E-state index >= 15 is 0 Å². The van der Waals surface area contributed by atoms with Gasteiger partial charge >= 0.3 is 0 Å². The Hall–Kier alpha value is -1.32. The zero-order valence-corrected chi connectivity index (χ0v) is 13.1. The minimum absolute atomic E-state index is 0. The third-order valence-corrected chi connectivity index (χ3v) is 4.06. The molecule has 2 aromatic rings.